The van der Waals surface area contributed by atoms with Crippen LogP contribution in [-0.4, -0.2) is 51.8 Å². The third-order valence-electron chi connectivity index (χ3n) is 6.09. The van der Waals surface area contributed by atoms with Crippen molar-refractivity contribution in [1.29, 1.82) is 0 Å². The smallest absolute Gasteiger partial charge is 0.272 e. The van der Waals surface area contributed by atoms with Gasteiger partial charge in [-0.3, -0.25) is 14.3 Å². The molecule has 2 aliphatic heterocycles. The minimum atomic E-state index is -0.317. The number of aromatic nitrogens is 2. The summed E-state index contributed by atoms with van der Waals surface area (Å²) in [6.45, 7) is 6.89. The summed E-state index contributed by atoms with van der Waals surface area (Å²) in [6, 6.07) is 0.256. The second-order valence-corrected chi connectivity index (χ2v) is 8.82. The van der Waals surface area contributed by atoms with Crippen molar-refractivity contribution < 1.29 is 14.3 Å². The van der Waals surface area contributed by atoms with Crippen LogP contribution in [0.5, 0.6) is 0 Å². The lowest BCUT2D eigenvalue weighted by molar-refractivity contribution is -0.141. The molecule has 0 radical (unpaired) electrons. The van der Waals surface area contributed by atoms with Crippen molar-refractivity contribution in [2.24, 2.45) is 5.92 Å². The molecule has 3 heterocycles. The number of carbonyl (C=O) groups is 2. The van der Waals surface area contributed by atoms with Gasteiger partial charge in [-0.05, 0) is 31.6 Å². The van der Waals surface area contributed by atoms with Gasteiger partial charge >= 0.3 is 0 Å². The summed E-state index contributed by atoms with van der Waals surface area (Å²) in [5.74, 6) is 0.417. The van der Waals surface area contributed by atoms with E-state index in [1.165, 1.54) is 12.8 Å². The van der Waals surface area contributed by atoms with Crippen LogP contribution in [0, 0.1) is 5.92 Å². The standard InChI is InChI=1S/C21H32N4O3/c1-14(2)12-25-17-9-10-24(21(27)18-8-5-11-28-18)13-16(17)19(23-25)20(26)22-15-6-3-4-7-15/h14-15,18H,3-13H2,1-2H3,(H,22,26). The Balaban J connectivity index is 1.57. The molecule has 1 unspecified atom stereocenters. The van der Waals surface area contributed by atoms with Crippen LogP contribution in [0.15, 0.2) is 0 Å². The van der Waals surface area contributed by atoms with Crippen molar-refractivity contribution in [2.45, 2.75) is 84.0 Å². The largest absolute Gasteiger partial charge is 0.368 e. The lowest BCUT2D eigenvalue weighted by Gasteiger charge is -2.30. The van der Waals surface area contributed by atoms with Crippen molar-refractivity contribution in [2.75, 3.05) is 13.2 Å². The van der Waals surface area contributed by atoms with E-state index in [1.54, 1.807) is 0 Å². The normalized spacial score (nSPS) is 22.7. The van der Waals surface area contributed by atoms with E-state index >= 15 is 0 Å². The summed E-state index contributed by atoms with van der Waals surface area (Å²) in [6.07, 6.45) is 6.60. The first-order valence-corrected chi connectivity index (χ1v) is 10.8. The second-order valence-electron chi connectivity index (χ2n) is 8.82. The first-order valence-electron chi connectivity index (χ1n) is 10.8. The summed E-state index contributed by atoms with van der Waals surface area (Å²) in [7, 11) is 0. The number of hydrogen-bond acceptors (Lipinski definition) is 4. The maximum absolute atomic E-state index is 13.0. The molecule has 1 saturated heterocycles. The second kappa shape index (κ2) is 8.23. The van der Waals surface area contributed by atoms with Crippen molar-refractivity contribution in [3.63, 3.8) is 0 Å². The molecule has 1 atom stereocenters. The monoisotopic (exact) mass is 388 g/mol. The lowest BCUT2D eigenvalue weighted by Crippen LogP contribution is -2.42. The van der Waals surface area contributed by atoms with Crippen LogP contribution in [-0.2, 0) is 29.0 Å². The average Bonchev–Trinajstić information content (AvgIpc) is 3.42. The Morgan fingerprint density at radius 2 is 2.00 bits per heavy atom. The van der Waals surface area contributed by atoms with Crippen LogP contribution in [0.1, 0.15) is 74.1 Å². The molecule has 7 heteroatoms. The average molecular weight is 389 g/mol. The van der Waals surface area contributed by atoms with Crippen molar-refractivity contribution in [1.82, 2.24) is 20.0 Å². The number of ether oxygens (including phenoxy) is 1. The fourth-order valence-electron chi connectivity index (χ4n) is 4.66. The number of fused-ring (bicyclic) bond motifs is 1. The van der Waals surface area contributed by atoms with E-state index in [9.17, 15) is 9.59 Å². The summed E-state index contributed by atoms with van der Waals surface area (Å²) in [4.78, 5) is 27.7. The Labute approximate surface area is 166 Å². The molecule has 3 aliphatic rings. The molecule has 1 aromatic rings. The highest BCUT2D eigenvalue weighted by Crippen LogP contribution is 2.26. The highest BCUT2D eigenvalue weighted by Gasteiger charge is 2.34. The summed E-state index contributed by atoms with van der Waals surface area (Å²) < 4.78 is 7.59. The van der Waals surface area contributed by atoms with Gasteiger partial charge in [-0.25, -0.2) is 0 Å². The zero-order valence-electron chi connectivity index (χ0n) is 17.1. The molecule has 1 saturated carbocycles. The molecular formula is C21H32N4O3. The van der Waals surface area contributed by atoms with E-state index in [0.29, 0.717) is 31.3 Å². The van der Waals surface area contributed by atoms with Gasteiger partial charge < -0.3 is 15.0 Å². The van der Waals surface area contributed by atoms with Crippen LogP contribution in [0.25, 0.3) is 0 Å². The van der Waals surface area contributed by atoms with Crippen LogP contribution in [0.3, 0.4) is 0 Å². The molecule has 154 valence electrons. The predicted octanol–water partition coefficient (Wildman–Crippen LogP) is 2.28. The number of amides is 2. The zero-order chi connectivity index (χ0) is 19.7. The Morgan fingerprint density at radius 1 is 1.21 bits per heavy atom. The van der Waals surface area contributed by atoms with Gasteiger partial charge in [0.2, 0.25) is 0 Å². The number of rotatable bonds is 5. The van der Waals surface area contributed by atoms with Gasteiger partial charge in [0.1, 0.15) is 6.10 Å². The maximum Gasteiger partial charge on any atom is 0.272 e. The molecule has 7 nitrogen and oxygen atoms in total. The topological polar surface area (TPSA) is 76.5 Å². The van der Waals surface area contributed by atoms with Gasteiger partial charge in [0.05, 0.1) is 0 Å². The fraction of sp³-hybridized carbons (Fsp3) is 0.762. The Hall–Kier alpha value is -1.89. The van der Waals surface area contributed by atoms with Crippen LogP contribution in [0.2, 0.25) is 0 Å². The number of carbonyl (C=O) groups excluding carboxylic acids is 2. The van der Waals surface area contributed by atoms with E-state index in [1.807, 2.05) is 9.58 Å². The van der Waals surface area contributed by atoms with Gasteiger partial charge in [-0.15, -0.1) is 0 Å². The van der Waals surface area contributed by atoms with Gasteiger partial charge in [-0.1, -0.05) is 26.7 Å². The van der Waals surface area contributed by atoms with Crippen molar-refractivity contribution in [3.8, 4) is 0 Å². The third-order valence-corrected chi connectivity index (χ3v) is 6.09. The van der Waals surface area contributed by atoms with Gasteiger partial charge in [0.15, 0.2) is 5.69 Å². The molecule has 4 rings (SSSR count). The third kappa shape index (κ3) is 3.95. The van der Waals surface area contributed by atoms with Crippen LogP contribution < -0.4 is 5.32 Å². The molecule has 2 amide bonds. The summed E-state index contributed by atoms with van der Waals surface area (Å²) in [5, 5.41) is 7.87. The van der Waals surface area contributed by atoms with Crippen LogP contribution in [0.4, 0.5) is 0 Å². The molecule has 1 N–H and O–H groups in total. The SMILES string of the molecule is CC(C)Cn1nc(C(=O)NC2CCCC2)c2c1CCN(C(=O)C1CCCO1)C2. The number of nitrogens with one attached hydrogen (secondary N) is 1. The van der Waals surface area contributed by atoms with E-state index in [2.05, 4.69) is 19.2 Å². The quantitative estimate of drug-likeness (QED) is 0.840. The molecule has 28 heavy (non-hydrogen) atoms. The van der Waals surface area contributed by atoms with E-state index < -0.39 is 0 Å². The zero-order valence-corrected chi connectivity index (χ0v) is 17.1. The Bertz CT molecular complexity index is 730. The highest BCUT2D eigenvalue weighted by atomic mass is 16.5. The Morgan fingerprint density at radius 3 is 2.68 bits per heavy atom. The van der Waals surface area contributed by atoms with Gasteiger partial charge in [0.25, 0.3) is 11.8 Å². The van der Waals surface area contributed by atoms with Gasteiger partial charge in [-0.2, -0.15) is 5.10 Å². The Kier molecular flexibility index (Phi) is 5.71. The fourth-order valence-corrected chi connectivity index (χ4v) is 4.66. The van der Waals surface area contributed by atoms with Crippen LogP contribution >= 0.6 is 0 Å². The molecule has 1 aromatic heterocycles. The van der Waals surface area contributed by atoms with E-state index in [-0.39, 0.29) is 24.0 Å². The van der Waals surface area contributed by atoms with E-state index in [0.717, 1.165) is 49.9 Å². The minimum Gasteiger partial charge on any atom is -0.368 e. The predicted molar refractivity (Wildman–Crippen MR) is 105 cm³/mol. The number of nitrogens with zero attached hydrogens (tertiary/aromatic N) is 3. The highest BCUT2D eigenvalue weighted by molar-refractivity contribution is 5.94. The molecular weight excluding hydrogens is 356 g/mol. The first kappa shape index (κ1) is 19.4. The van der Waals surface area contributed by atoms with Crippen molar-refractivity contribution >= 4 is 11.8 Å². The maximum atomic E-state index is 13.0. The molecule has 0 aromatic carbocycles. The van der Waals surface area contributed by atoms with Gasteiger partial charge in [0, 0.05) is 50.0 Å². The molecule has 0 bridgehead atoms. The van der Waals surface area contributed by atoms with E-state index in [4.69, 9.17) is 9.84 Å². The molecule has 1 aliphatic carbocycles. The first-order chi connectivity index (χ1) is 13.5. The molecule has 2 fully saturated rings. The number of hydrogen-bond donors (Lipinski definition) is 1. The lowest BCUT2D eigenvalue weighted by atomic mass is 10.0. The summed E-state index contributed by atoms with van der Waals surface area (Å²) >= 11 is 0. The summed E-state index contributed by atoms with van der Waals surface area (Å²) in [5.41, 5.74) is 2.54. The van der Waals surface area contributed by atoms with Crippen molar-refractivity contribution in [3.05, 3.63) is 17.0 Å². The molecule has 0 spiro atoms. The minimum absolute atomic E-state index is 0.0573.